The van der Waals surface area contributed by atoms with Crippen LogP contribution in [0.4, 0.5) is 5.69 Å². The third kappa shape index (κ3) is 4.49. The molecule has 0 unspecified atom stereocenters. The summed E-state index contributed by atoms with van der Waals surface area (Å²) in [7, 11) is 5.27. The molecule has 0 aliphatic carbocycles. The summed E-state index contributed by atoms with van der Waals surface area (Å²) in [6.07, 6.45) is 0.780. The molecule has 3 rings (SSSR count). The van der Waals surface area contributed by atoms with Gasteiger partial charge in [0.25, 0.3) is 0 Å². The number of hydrogen-bond donors (Lipinski definition) is 0. The van der Waals surface area contributed by atoms with Crippen LogP contribution in [0, 0.1) is 0 Å². The average molecular weight is 377 g/mol. The van der Waals surface area contributed by atoms with Crippen LogP contribution in [0.5, 0.6) is 5.75 Å². The number of fused-ring (bicyclic) bond motifs is 1. The summed E-state index contributed by atoms with van der Waals surface area (Å²) in [6, 6.07) is 19.0. The predicted molar refractivity (Wildman–Crippen MR) is 110 cm³/mol. The van der Waals surface area contributed by atoms with E-state index in [0.29, 0.717) is 6.42 Å². The molecular weight excluding hydrogens is 354 g/mol. The van der Waals surface area contributed by atoms with E-state index in [1.807, 2.05) is 67.5 Å². The van der Waals surface area contributed by atoms with Gasteiger partial charge >= 0.3 is 11.9 Å². The molecule has 144 valence electrons. The minimum absolute atomic E-state index is 0.217. The topological polar surface area (TPSA) is 55.8 Å². The minimum Gasteiger partial charge on any atom is -0.465 e. The minimum atomic E-state index is -0.534. The lowest BCUT2D eigenvalue weighted by Gasteiger charge is -2.13. The molecule has 0 fully saturated rings. The quantitative estimate of drug-likeness (QED) is 0.475. The number of methoxy groups -OCH3 is 1. The van der Waals surface area contributed by atoms with Gasteiger partial charge < -0.3 is 14.4 Å². The van der Waals surface area contributed by atoms with E-state index in [-0.39, 0.29) is 17.7 Å². The van der Waals surface area contributed by atoms with Crippen LogP contribution in [-0.2, 0) is 16.0 Å². The average Bonchev–Trinajstić information content (AvgIpc) is 2.71. The van der Waals surface area contributed by atoms with Crippen LogP contribution < -0.4 is 9.64 Å². The van der Waals surface area contributed by atoms with Crippen molar-refractivity contribution in [3.8, 4) is 5.75 Å². The first-order chi connectivity index (χ1) is 13.5. The van der Waals surface area contributed by atoms with Gasteiger partial charge in [-0.25, -0.2) is 4.79 Å². The summed E-state index contributed by atoms with van der Waals surface area (Å²) >= 11 is 0. The maximum atomic E-state index is 12.4. The molecule has 0 radical (unpaired) electrons. The van der Waals surface area contributed by atoms with Gasteiger partial charge in [-0.3, -0.25) is 4.79 Å². The Kier molecular flexibility index (Phi) is 5.94. The van der Waals surface area contributed by atoms with E-state index < -0.39 is 11.9 Å². The van der Waals surface area contributed by atoms with Gasteiger partial charge in [-0.2, -0.15) is 0 Å². The fourth-order valence-corrected chi connectivity index (χ4v) is 2.95. The summed E-state index contributed by atoms with van der Waals surface area (Å²) in [5.41, 5.74) is 2.39. The molecule has 0 aliphatic rings. The van der Waals surface area contributed by atoms with Gasteiger partial charge in [0.1, 0.15) is 11.3 Å². The van der Waals surface area contributed by atoms with Crippen LogP contribution in [0.25, 0.3) is 10.8 Å². The maximum Gasteiger partial charge on any atom is 0.341 e. The summed E-state index contributed by atoms with van der Waals surface area (Å²) in [5.74, 6) is -0.705. The molecule has 0 saturated heterocycles. The van der Waals surface area contributed by atoms with Crippen LogP contribution >= 0.6 is 0 Å². The number of carbonyl (C=O) groups excluding carboxylic acids is 2. The van der Waals surface area contributed by atoms with Crippen LogP contribution in [0.15, 0.2) is 60.7 Å². The molecule has 0 amide bonds. The number of esters is 2. The monoisotopic (exact) mass is 377 g/mol. The first-order valence-electron chi connectivity index (χ1n) is 9.06. The van der Waals surface area contributed by atoms with Gasteiger partial charge in [-0.05, 0) is 47.0 Å². The highest BCUT2D eigenvalue weighted by atomic mass is 16.5. The normalized spacial score (nSPS) is 10.5. The second-order valence-corrected chi connectivity index (χ2v) is 6.72. The lowest BCUT2D eigenvalue weighted by Crippen LogP contribution is -2.13. The highest BCUT2D eigenvalue weighted by Gasteiger charge is 2.17. The van der Waals surface area contributed by atoms with Crippen molar-refractivity contribution in [1.29, 1.82) is 0 Å². The van der Waals surface area contributed by atoms with E-state index in [9.17, 15) is 9.59 Å². The molecule has 0 aliphatic heterocycles. The molecule has 3 aromatic carbocycles. The van der Waals surface area contributed by atoms with Crippen molar-refractivity contribution >= 4 is 28.4 Å². The van der Waals surface area contributed by atoms with E-state index >= 15 is 0 Å². The Labute approximate surface area is 164 Å². The summed E-state index contributed by atoms with van der Waals surface area (Å²) < 4.78 is 10.3. The zero-order valence-electron chi connectivity index (χ0n) is 16.3. The maximum absolute atomic E-state index is 12.4. The third-order valence-corrected chi connectivity index (χ3v) is 4.55. The number of rotatable bonds is 6. The van der Waals surface area contributed by atoms with Gasteiger partial charge in [-0.15, -0.1) is 0 Å². The number of carbonyl (C=O) groups is 2. The fraction of sp³-hybridized carbons (Fsp3) is 0.217. The molecule has 3 aromatic rings. The summed E-state index contributed by atoms with van der Waals surface area (Å²) in [5, 5.41) is 1.76. The highest BCUT2D eigenvalue weighted by Crippen LogP contribution is 2.27. The van der Waals surface area contributed by atoms with Crippen molar-refractivity contribution in [1.82, 2.24) is 0 Å². The van der Waals surface area contributed by atoms with Crippen molar-refractivity contribution in [3.63, 3.8) is 0 Å². The SMILES string of the molecule is COC(=O)c1cc2ccccc2cc1OC(=O)CCc1ccc(N(C)C)cc1. The van der Waals surface area contributed by atoms with E-state index in [0.717, 1.165) is 22.0 Å². The molecule has 28 heavy (non-hydrogen) atoms. The van der Waals surface area contributed by atoms with Crippen LogP contribution in [0.2, 0.25) is 0 Å². The third-order valence-electron chi connectivity index (χ3n) is 4.55. The first kappa shape index (κ1) is 19.4. The van der Waals surface area contributed by atoms with Crippen molar-refractivity contribution in [2.75, 3.05) is 26.1 Å². The number of nitrogens with zero attached hydrogens (tertiary/aromatic N) is 1. The Hall–Kier alpha value is -3.34. The zero-order chi connectivity index (χ0) is 20.1. The first-order valence-corrected chi connectivity index (χ1v) is 9.06. The summed E-state index contributed by atoms with van der Waals surface area (Å²) in [4.78, 5) is 26.5. The van der Waals surface area contributed by atoms with Crippen molar-refractivity contribution in [2.45, 2.75) is 12.8 Å². The molecule has 5 nitrogen and oxygen atoms in total. The Morgan fingerprint density at radius 3 is 2.18 bits per heavy atom. The Morgan fingerprint density at radius 1 is 0.929 bits per heavy atom. The number of hydrogen-bond acceptors (Lipinski definition) is 5. The second-order valence-electron chi connectivity index (χ2n) is 6.72. The Balaban J connectivity index is 1.73. The number of aryl methyl sites for hydroxylation is 1. The smallest absolute Gasteiger partial charge is 0.341 e. The van der Waals surface area contributed by atoms with Crippen molar-refractivity contribution in [2.24, 2.45) is 0 Å². The lowest BCUT2D eigenvalue weighted by atomic mass is 10.1. The largest absolute Gasteiger partial charge is 0.465 e. The van der Waals surface area contributed by atoms with Crippen molar-refractivity contribution in [3.05, 3.63) is 71.8 Å². The second kappa shape index (κ2) is 8.57. The molecular formula is C23H23NO4. The fourth-order valence-electron chi connectivity index (χ4n) is 2.95. The number of benzene rings is 3. The van der Waals surface area contributed by atoms with Crippen LogP contribution in [-0.4, -0.2) is 33.1 Å². The Bertz CT molecular complexity index is 993. The van der Waals surface area contributed by atoms with E-state index in [1.165, 1.54) is 7.11 Å². The molecule has 5 heteroatoms. The van der Waals surface area contributed by atoms with Gasteiger partial charge in [0.15, 0.2) is 0 Å². The molecule has 0 atom stereocenters. The molecule has 0 spiro atoms. The van der Waals surface area contributed by atoms with E-state index in [2.05, 4.69) is 0 Å². The van der Waals surface area contributed by atoms with Crippen LogP contribution in [0.3, 0.4) is 0 Å². The molecule has 0 bridgehead atoms. The number of ether oxygens (including phenoxy) is 2. The van der Waals surface area contributed by atoms with Gasteiger partial charge in [0.2, 0.25) is 0 Å². The van der Waals surface area contributed by atoms with Gasteiger partial charge in [-0.1, -0.05) is 36.4 Å². The summed E-state index contributed by atoms with van der Waals surface area (Å²) in [6.45, 7) is 0. The lowest BCUT2D eigenvalue weighted by molar-refractivity contribution is -0.134. The van der Waals surface area contributed by atoms with E-state index in [4.69, 9.17) is 9.47 Å². The van der Waals surface area contributed by atoms with Gasteiger partial charge in [0.05, 0.1) is 7.11 Å². The van der Waals surface area contributed by atoms with E-state index in [1.54, 1.807) is 12.1 Å². The standard InChI is InChI=1S/C23H23NO4/c1-24(2)19-11-8-16(9-12-19)10-13-22(25)28-21-15-18-7-5-4-6-17(18)14-20(21)23(26)27-3/h4-9,11-12,14-15H,10,13H2,1-3H3. The molecule has 0 heterocycles. The number of anilines is 1. The Morgan fingerprint density at radius 2 is 1.57 bits per heavy atom. The van der Waals surface area contributed by atoms with Crippen molar-refractivity contribution < 1.29 is 19.1 Å². The highest BCUT2D eigenvalue weighted by molar-refractivity contribution is 5.99. The predicted octanol–water partition coefficient (Wildman–Crippen LogP) is 4.23. The molecule has 0 N–H and O–H groups in total. The molecule has 0 aromatic heterocycles. The van der Waals surface area contributed by atoms with Gasteiger partial charge in [0, 0.05) is 26.2 Å². The van der Waals surface area contributed by atoms with Crippen LogP contribution in [0.1, 0.15) is 22.3 Å². The molecule has 0 saturated carbocycles. The zero-order valence-corrected chi connectivity index (χ0v) is 16.3.